The van der Waals surface area contributed by atoms with Crippen LogP contribution in [0.1, 0.15) is 45.6 Å². The molecule has 0 fully saturated rings. The fourth-order valence-electron chi connectivity index (χ4n) is 2.74. The molecule has 0 bridgehead atoms. The summed E-state index contributed by atoms with van der Waals surface area (Å²) in [6.07, 6.45) is 4.90. The highest BCUT2D eigenvalue weighted by atomic mass is 32.1. The van der Waals surface area contributed by atoms with Gasteiger partial charge in [0.1, 0.15) is 0 Å². The summed E-state index contributed by atoms with van der Waals surface area (Å²) in [6, 6.07) is 6.56. The van der Waals surface area contributed by atoms with Crippen LogP contribution >= 0.6 is 11.3 Å². The van der Waals surface area contributed by atoms with Crippen LogP contribution in [0.4, 0.5) is 0 Å². The molecule has 0 unspecified atom stereocenters. The second-order valence-electron chi connectivity index (χ2n) is 5.16. The van der Waals surface area contributed by atoms with Gasteiger partial charge in [-0.25, -0.2) is 4.98 Å². The van der Waals surface area contributed by atoms with Crippen LogP contribution in [0.15, 0.2) is 18.2 Å². The molecule has 3 heteroatoms. The monoisotopic (exact) mass is 271 g/mol. The summed E-state index contributed by atoms with van der Waals surface area (Å²) < 4.78 is 0. The third-order valence-electron chi connectivity index (χ3n) is 3.68. The van der Waals surface area contributed by atoms with Gasteiger partial charge >= 0.3 is 0 Å². The minimum Gasteiger partial charge on any atom is -0.294 e. The van der Waals surface area contributed by atoms with Crippen molar-refractivity contribution in [2.45, 2.75) is 39.5 Å². The molecule has 0 saturated carbocycles. The van der Waals surface area contributed by atoms with Gasteiger partial charge in [-0.2, -0.15) is 0 Å². The molecule has 1 aliphatic rings. The lowest BCUT2D eigenvalue weighted by Crippen LogP contribution is -2.02. The molecule has 3 rings (SSSR count). The van der Waals surface area contributed by atoms with Gasteiger partial charge in [-0.15, -0.1) is 11.3 Å². The molecular formula is C16H17NOS. The molecule has 1 aromatic carbocycles. The summed E-state index contributed by atoms with van der Waals surface area (Å²) in [4.78, 5) is 17.0. The lowest BCUT2D eigenvalue weighted by atomic mass is 9.90. The van der Waals surface area contributed by atoms with Crippen molar-refractivity contribution in [2.24, 2.45) is 0 Å². The lowest BCUT2D eigenvalue weighted by Gasteiger charge is -2.16. The standard InChI is InChI=1S/C16H17NOS/c1-10(18)16-15(17-11(2)19-16)14-8-7-12-5-3-4-6-13(12)9-14/h7-9H,3-6H2,1-2H3. The van der Waals surface area contributed by atoms with Crippen LogP contribution < -0.4 is 0 Å². The van der Waals surface area contributed by atoms with Gasteiger partial charge in [-0.3, -0.25) is 4.79 Å². The third-order valence-corrected chi connectivity index (χ3v) is 4.75. The van der Waals surface area contributed by atoms with Crippen molar-refractivity contribution < 1.29 is 4.79 Å². The molecule has 0 atom stereocenters. The molecule has 1 aliphatic carbocycles. The molecule has 1 heterocycles. The van der Waals surface area contributed by atoms with Crippen LogP contribution in [0.5, 0.6) is 0 Å². The smallest absolute Gasteiger partial charge is 0.172 e. The number of hydrogen-bond acceptors (Lipinski definition) is 3. The van der Waals surface area contributed by atoms with Crippen LogP contribution in [-0.2, 0) is 12.8 Å². The maximum Gasteiger partial charge on any atom is 0.172 e. The van der Waals surface area contributed by atoms with Crippen molar-refractivity contribution >= 4 is 17.1 Å². The molecule has 0 radical (unpaired) electrons. The lowest BCUT2D eigenvalue weighted by molar-refractivity contribution is 0.102. The van der Waals surface area contributed by atoms with E-state index in [0.29, 0.717) is 0 Å². The van der Waals surface area contributed by atoms with Gasteiger partial charge in [0.05, 0.1) is 15.6 Å². The van der Waals surface area contributed by atoms with Crippen molar-refractivity contribution in [3.63, 3.8) is 0 Å². The molecule has 1 aromatic heterocycles. The first-order chi connectivity index (χ1) is 9.15. The minimum absolute atomic E-state index is 0.110. The second kappa shape index (κ2) is 4.89. The largest absolute Gasteiger partial charge is 0.294 e. The highest BCUT2D eigenvalue weighted by Gasteiger charge is 2.17. The maximum absolute atomic E-state index is 11.7. The minimum atomic E-state index is 0.110. The summed E-state index contributed by atoms with van der Waals surface area (Å²) in [7, 11) is 0. The number of rotatable bonds is 2. The summed E-state index contributed by atoms with van der Waals surface area (Å²) >= 11 is 1.49. The zero-order valence-corrected chi connectivity index (χ0v) is 12.1. The molecule has 19 heavy (non-hydrogen) atoms. The predicted octanol–water partition coefficient (Wildman–Crippen LogP) is 4.20. The Morgan fingerprint density at radius 3 is 2.68 bits per heavy atom. The zero-order chi connectivity index (χ0) is 13.4. The van der Waals surface area contributed by atoms with E-state index in [1.54, 1.807) is 6.92 Å². The predicted molar refractivity (Wildman–Crippen MR) is 78.9 cm³/mol. The number of fused-ring (bicyclic) bond motifs is 1. The number of nitrogens with zero attached hydrogens (tertiary/aromatic N) is 1. The van der Waals surface area contributed by atoms with Gasteiger partial charge in [-0.1, -0.05) is 12.1 Å². The Morgan fingerprint density at radius 2 is 1.95 bits per heavy atom. The van der Waals surface area contributed by atoms with E-state index in [4.69, 9.17) is 0 Å². The van der Waals surface area contributed by atoms with Gasteiger partial charge in [0.2, 0.25) is 0 Å². The van der Waals surface area contributed by atoms with Crippen LogP contribution in [0, 0.1) is 6.92 Å². The third kappa shape index (κ3) is 2.35. The van der Waals surface area contributed by atoms with Crippen molar-refractivity contribution in [3.8, 4) is 11.3 Å². The first kappa shape index (κ1) is 12.5. The van der Waals surface area contributed by atoms with E-state index in [0.717, 1.165) is 27.6 Å². The number of aryl methyl sites for hydroxylation is 3. The number of thiazole rings is 1. The van der Waals surface area contributed by atoms with Crippen LogP contribution in [-0.4, -0.2) is 10.8 Å². The average Bonchev–Trinajstić information content (AvgIpc) is 2.80. The van der Waals surface area contributed by atoms with Gasteiger partial charge < -0.3 is 0 Å². The topological polar surface area (TPSA) is 30.0 Å². The van der Waals surface area contributed by atoms with Crippen LogP contribution in [0.3, 0.4) is 0 Å². The van der Waals surface area contributed by atoms with E-state index >= 15 is 0 Å². The number of Topliss-reactive ketones (excluding diaryl/α,β-unsaturated/α-hetero) is 1. The molecule has 98 valence electrons. The SMILES string of the molecule is CC(=O)c1sc(C)nc1-c1ccc2c(c1)CCCC2. The Morgan fingerprint density at radius 1 is 1.21 bits per heavy atom. The molecular weight excluding hydrogens is 254 g/mol. The normalized spacial score (nSPS) is 14.2. The fraction of sp³-hybridized carbons (Fsp3) is 0.375. The van der Waals surface area contributed by atoms with Crippen molar-refractivity contribution in [3.05, 3.63) is 39.2 Å². The van der Waals surface area contributed by atoms with Crippen LogP contribution in [0.25, 0.3) is 11.3 Å². The number of aromatic nitrogens is 1. The Kier molecular flexibility index (Phi) is 3.23. The Bertz CT molecular complexity index is 642. The maximum atomic E-state index is 11.7. The Hall–Kier alpha value is -1.48. The first-order valence-electron chi connectivity index (χ1n) is 6.75. The molecule has 0 amide bonds. The van der Waals surface area contributed by atoms with Crippen molar-refractivity contribution in [2.75, 3.05) is 0 Å². The second-order valence-corrected chi connectivity index (χ2v) is 6.36. The molecule has 2 aromatic rings. The summed E-state index contributed by atoms with van der Waals surface area (Å²) in [5, 5.41) is 0.956. The number of benzene rings is 1. The first-order valence-corrected chi connectivity index (χ1v) is 7.57. The van der Waals surface area contributed by atoms with Gasteiger partial charge in [0.25, 0.3) is 0 Å². The van der Waals surface area contributed by atoms with Gasteiger partial charge in [0, 0.05) is 12.5 Å². The quantitative estimate of drug-likeness (QED) is 0.766. The van der Waals surface area contributed by atoms with E-state index in [2.05, 4.69) is 23.2 Å². The Balaban J connectivity index is 2.09. The fourth-order valence-corrected chi connectivity index (χ4v) is 3.58. The number of carbonyl (C=O) groups is 1. The number of carbonyl (C=O) groups excluding carboxylic acids is 1. The average molecular weight is 271 g/mol. The highest BCUT2D eigenvalue weighted by molar-refractivity contribution is 7.14. The van der Waals surface area contributed by atoms with Crippen LogP contribution in [0.2, 0.25) is 0 Å². The molecule has 0 aliphatic heterocycles. The molecule has 2 nitrogen and oxygen atoms in total. The summed E-state index contributed by atoms with van der Waals surface area (Å²) in [6.45, 7) is 3.58. The summed E-state index contributed by atoms with van der Waals surface area (Å²) in [5.74, 6) is 0.110. The number of hydrogen-bond donors (Lipinski definition) is 0. The Labute approximate surface area is 117 Å². The van der Waals surface area contributed by atoms with Gasteiger partial charge in [0.15, 0.2) is 5.78 Å². The van der Waals surface area contributed by atoms with E-state index in [1.807, 2.05) is 6.92 Å². The molecule has 0 spiro atoms. The van der Waals surface area contributed by atoms with E-state index < -0.39 is 0 Å². The highest BCUT2D eigenvalue weighted by Crippen LogP contribution is 2.31. The van der Waals surface area contributed by atoms with E-state index in [1.165, 1.54) is 41.7 Å². The zero-order valence-electron chi connectivity index (χ0n) is 11.3. The van der Waals surface area contributed by atoms with E-state index in [-0.39, 0.29) is 5.78 Å². The van der Waals surface area contributed by atoms with Crippen molar-refractivity contribution in [1.29, 1.82) is 0 Å². The molecule has 0 N–H and O–H groups in total. The van der Waals surface area contributed by atoms with Gasteiger partial charge in [-0.05, 0) is 49.8 Å². The summed E-state index contributed by atoms with van der Waals surface area (Å²) in [5.41, 5.74) is 4.86. The molecule has 0 saturated heterocycles. The number of ketones is 1. The van der Waals surface area contributed by atoms with E-state index in [9.17, 15) is 4.79 Å². The van der Waals surface area contributed by atoms with Crippen molar-refractivity contribution in [1.82, 2.24) is 4.98 Å².